The van der Waals surface area contributed by atoms with Crippen LogP contribution >= 0.6 is 11.6 Å². The standard InChI is InChI=1S/C29H41ClN2O2Si/c1-20-27(26(33)19-31-16-8-7-9-17-31)24-15-10-21(29(5,6)34-35-28(2,3)4)18-25(24)32(20)23-13-11-22(30)12-14-23/h10-15,18,26,33H,7-9,16-17,19,35H2,1-6H3. The van der Waals surface area contributed by atoms with Crippen LogP contribution in [-0.4, -0.2) is 44.0 Å². The molecule has 0 spiro atoms. The average molecular weight is 513 g/mol. The summed E-state index contributed by atoms with van der Waals surface area (Å²) in [6, 6.07) is 14.6. The predicted octanol–water partition coefficient (Wildman–Crippen LogP) is 6.67. The number of aromatic nitrogens is 1. The van der Waals surface area contributed by atoms with Crippen molar-refractivity contribution in [2.45, 2.75) is 77.5 Å². The predicted molar refractivity (Wildman–Crippen MR) is 151 cm³/mol. The van der Waals surface area contributed by atoms with Crippen molar-refractivity contribution in [3.8, 4) is 5.69 Å². The van der Waals surface area contributed by atoms with Crippen LogP contribution in [0, 0.1) is 6.92 Å². The molecular formula is C29H41ClN2O2Si. The Morgan fingerprint density at radius 1 is 1.00 bits per heavy atom. The van der Waals surface area contributed by atoms with E-state index in [1.807, 2.05) is 12.1 Å². The first-order valence-electron chi connectivity index (χ1n) is 12.9. The number of aliphatic hydroxyl groups is 1. The normalized spacial score (nSPS) is 17.0. The number of benzene rings is 2. The van der Waals surface area contributed by atoms with Gasteiger partial charge in [0.25, 0.3) is 0 Å². The Kier molecular flexibility index (Phi) is 7.84. The highest BCUT2D eigenvalue weighted by Gasteiger charge is 2.28. The molecule has 6 heteroatoms. The van der Waals surface area contributed by atoms with E-state index in [1.54, 1.807) is 0 Å². The molecular weight excluding hydrogens is 472 g/mol. The Morgan fingerprint density at radius 3 is 2.29 bits per heavy atom. The molecule has 1 N–H and O–H groups in total. The van der Waals surface area contributed by atoms with Crippen molar-refractivity contribution in [1.29, 1.82) is 0 Å². The van der Waals surface area contributed by atoms with Crippen molar-refractivity contribution in [2.75, 3.05) is 19.6 Å². The van der Waals surface area contributed by atoms with Crippen LogP contribution in [0.1, 0.15) is 76.8 Å². The highest BCUT2D eigenvalue weighted by Crippen LogP contribution is 2.38. The van der Waals surface area contributed by atoms with E-state index in [0.29, 0.717) is 6.54 Å². The molecule has 1 saturated heterocycles. The largest absolute Gasteiger partial charge is 0.415 e. The molecule has 4 nitrogen and oxygen atoms in total. The number of halogens is 1. The third-order valence-electron chi connectivity index (χ3n) is 7.11. The van der Waals surface area contributed by atoms with Crippen LogP contribution < -0.4 is 0 Å². The SMILES string of the molecule is Cc1c(C(O)CN2CCCCC2)c2ccc(C(C)(C)O[SiH2]C(C)(C)C)cc2n1-c1ccc(Cl)cc1. The zero-order chi connectivity index (χ0) is 25.4. The quantitative estimate of drug-likeness (QED) is 0.359. The lowest BCUT2D eigenvalue weighted by Gasteiger charge is -2.30. The summed E-state index contributed by atoms with van der Waals surface area (Å²) in [5.41, 5.74) is 5.04. The third kappa shape index (κ3) is 6.03. The van der Waals surface area contributed by atoms with Crippen LogP contribution in [-0.2, 0) is 10.0 Å². The molecule has 1 aliphatic heterocycles. The molecule has 0 bridgehead atoms. The van der Waals surface area contributed by atoms with E-state index in [4.69, 9.17) is 16.0 Å². The number of rotatable bonds is 7. The molecule has 35 heavy (non-hydrogen) atoms. The van der Waals surface area contributed by atoms with Crippen molar-refractivity contribution in [2.24, 2.45) is 0 Å². The Bertz CT molecular complexity index is 1160. The van der Waals surface area contributed by atoms with Crippen LogP contribution in [0.15, 0.2) is 42.5 Å². The summed E-state index contributed by atoms with van der Waals surface area (Å²) in [6.07, 6.45) is 3.19. The Balaban J connectivity index is 1.80. The fraction of sp³-hybridized carbons (Fsp3) is 0.517. The lowest BCUT2D eigenvalue weighted by Crippen LogP contribution is -2.33. The van der Waals surface area contributed by atoms with Gasteiger partial charge in [0, 0.05) is 33.9 Å². The molecule has 2 aromatic carbocycles. The molecule has 1 fully saturated rings. The first kappa shape index (κ1) is 26.4. The van der Waals surface area contributed by atoms with Crippen molar-refractivity contribution in [3.05, 3.63) is 64.3 Å². The van der Waals surface area contributed by atoms with Gasteiger partial charge in [0.1, 0.15) is 0 Å². The number of β-amino-alcohol motifs (C(OH)–C–C–N with tert-alkyl or cyclic N) is 1. The number of aliphatic hydroxyl groups excluding tert-OH is 1. The maximum absolute atomic E-state index is 11.5. The molecule has 1 aliphatic rings. The second kappa shape index (κ2) is 10.4. The van der Waals surface area contributed by atoms with Gasteiger partial charge in [-0.1, -0.05) is 50.9 Å². The van der Waals surface area contributed by atoms with E-state index in [9.17, 15) is 5.11 Å². The summed E-state index contributed by atoms with van der Waals surface area (Å²) in [4.78, 5) is 2.40. The fourth-order valence-corrected chi connectivity index (χ4v) is 6.20. The molecule has 1 aromatic heterocycles. The van der Waals surface area contributed by atoms with Gasteiger partial charge in [-0.2, -0.15) is 0 Å². The van der Waals surface area contributed by atoms with Crippen molar-refractivity contribution in [1.82, 2.24) is 9.47 Å². The lowest BCUT2D eigenvalue weighted by atomic mass is 9.96. The van der Waals surface area contributed by atoms with Crippen molar-refractivity contribution in [3.63, 3.8) is 0 Å². The van der Waals surface area contributed by atoms with Crippen LogP contribution in [0.5, 0.6) is 0 Å². The van der Waals surface area contributed by atoms with Crippen LogP contribution in [0.25, 0.3) is 16.6 Å². The van der Waals surface area contributed by atoms with Gasteiger partial charge in [-0.15, -0.1) is 0 Å². The fourth-order valence-electron chi connectivity index (χ4n) is 5.12. The molecule has 190 valence electrons. The zero-order valence-electron chi connectivity index (χ0n) is 22.2. The van der Waals surface area contributed by atoms with Crippen LogP contribution in [0.2, 0.25) is 10.1 Å². The molecule has 0 saturated carbocycles. The van der Waals surface area contributed by atoms with Crippen LogP contribution in [0.3, 0.4) is 0 Å². The minimum absolute atomic E-state index is 0.229. The second-order valence-electron chi connectivity index (χ2n) is 11.8. The average Bonchev–Trinajstić information content (AvgIpc) is 3.10. The number of nitrogens with zero attached hydrogens (tertiary/aromatic N) is 2. The van der Waals surface area contributed by atoms with Gasteiger partial charge in [0.2, 0.25) is 0 Å². The van der Waals surface area contributed by atoms with Crippen molar-refractivity contribution < 1.29 is 9.53 Å². The number of hydrogen-bond donors (Lipinski definition) is 1. The van der Waals surface area contributed by atoms with Gasteiger partial charge in [0.15, 0.2) is 9.76 Å². The first-order chi connectivity index (χ1) is 16.5. The van der Waals surface area contributed by atoms with E-state index in [-0.39, 0.29) is 10.6 Å². The number of fused-ring (bicyclic) bond motifs is 1. The topological polar surface area (TPSA) is 37.6 Å². The molecule has 4 rings (SSSR count). The molecule has 2 heterocycles. The summed E-state index contributed by atoms with van der Waals surface area (Å²) in [6.45, 7) is 16.0. The lowest BCUT2D eigenvalue weighted by molar-refractivity contribution is 0.102. The summed E-state index contributed by atoms with van der Waals surface area (Å²) in [5.74, 6) is 0. The maximum atomic E-state index is 11.5. The van der Waals surface area contributed by atoms with E-state index in [0.717, 1.165) is 51.5 Å². The first-order valence-corrected chi connectivity index (χ1v) is 14.6. The summed E-state index contributed by atoms with van der Waals surface area (Å²) in [5, 5.41) is 13.5. The van der Waals surface area contributed by atoms with Gasteiger partial charge in [-0.25, -0.2) is 0 Å². The van der Waals surface area contributed by atoms with E-state index >= 15 is 0 Å². The Labute approximate surface area is 218 Å². The molecule has 3 aromatic rings. The highest BCUT2D eigenvalue weighted by atomic mass is 35.5. The van der Waals surface area contributed by atoms with Gasteiger partial charge < -0.3 is 19.0 Å². The smallest absolute Gasteiger partial charge is 0.168 e. The second-order valence-corrected chi connectivity index (χ2v) is 14.9. The van der Waals surface area contributed by atoms with Crippen molar-refractivity contribution >= 4 is 32.3 Å². The van der Waals surface area contributed by atoms with E-state index < -0.39 is 15.9 Å². The van der Waals surface area contributed by atoms with Gasteiger partial charge in [-0.05, 0) is 87.6 Å². The van der Waals surface area contributed by atoms with Gasteiger partial charge in [0.05, 0.1) is 17.2 Å². The highest BCUT2D eigenvalue weighted by molar-refractivity contribution is 6.31. The molecule has 0 aliphatic carbocycles. The monoisotopic (exact) mass is 512 g/mol. The molecule has 0 radical (unpaired) electrons. The van der Waals surface area contributed by atoms with Gasteiger partial charge >= 0.3 is 0 Å². The molecule has 1 unspecified atom stereocenters. The van der Waals surface area contributed by atoms with E-state index in [2.05, 4.69) is 81.3 Å². The summed E-state index contributed by atoms with van der Waals surface area (Å²) in [7, 11) is -0.713. The van der Waals surface area contributed by atoms with Gasteiger partial charge in [-0.3, -0.25) is 0 Å². The van der Waals surface area contributed by atoms with E-state index in [1.165, 1.54) is 19.3 Å². The Hall–Kier alpha value is -1.63. The minimum Gasteiger partial charge on any atom is -0.415 e. The third-order valence-corrected chi connectivity index (χ3v) is 9.10. The summed E-state index contributed by atoms with van der Waals surface area (Å²) >= 11 is 6.21. The van der Waals surface area contributed by atoms with Crippen LogP contribution in [0.4, 0.5) is 0 Å². The number of piperidine rings is 1. The maximum Gasteiger partial charge on any atom is 0.168 e. The number of likely N-dealkylation sites (tertiary alicyclic amines) is 1. The number of hydrogen-bond acceptors (Lipinski definition) is 3. The zero-order valence-corrected chi connectivity index (χ0v) is 24.4. The summed E-state index contributed by atoms with van der Waals surface area (Å²) < 4.78 is 8.80. The Morgan fingerprint density at radius 2 is 1.66 bits per heavy atom. The molecule has 1 atom stereocenters. The minimum atomic E-state index is -0.713. The molecule has 0 amide bonds.